The third kappa shape index (κ3) is 4.90. The lowest BCUT2D eigenvalue weighted by Gasteiger charge is -2.15. The van der Waals surface area contributed by atoms with Gasteiger partial charge in [0.25, 0.3) is 0 Å². The number of nitrogen functional groups attached to an aromatic ring is 1. The molecule has 0 saturated carbocycles. The summed E-state index contributed by atoms with van der Waals surface area (Å²) in [5, 5.41) is 28.4. The van der Waals surface area contributed by atoms with Crippen molar-refractivity contribution in [2.45, 2.75) is 22.1 Å². The third-order valence-corrected chi connectivity index (χ3v) is 7.19. The van der Waals surface area contributed by atoms with Crippen molar-refractivity contribution < 1.29 is 13.2 Å². The Morgan fingerprint density at radius 1 is 1.19 bits per heavy atom. The van der Waals surface area contributed by atoms with Gasteiger partial charge in [-0.3, -0.25) is 4.79 Å². The molecule has 3 rings (SSSR count). The Morgan fingerprint density at radius 2 is 1.84 bits per heavy atom. The lowest BCUT2D eigenvalue weighted by Crippen LogP contribution is -2.23. The quantitative estimate of drug-likeness (QED) is 0.447. The first-order chi connectivity index (χ1) is 15.2. The number of carbonyl (C=O) groups excluding carboxylic acids is 1. The Labute approximate surface area is 192 Å². The number of hydrogen-bond donors (Lipinski definition) is 3. The number of benzene rings is 1. The van der Waals surface area contributed by atoms with Crippen LogP contribution in [0.2, 0.25) is 0 Å². The first kappa shape index (κ1) is 23.2. The van der Waals surface area contributed by atoms with Gasteiger partial charge < -0.3 is 11.1 Å². The largest absolute Gasteiger partial charge is 0.383 e. The van der Waals surface area contributed by atoms with Gasteiger partial charge in [-0.1, -0.05) is 17.8 Å². The lowest BCUT2D eigenvalue weighted by atomic mass is 10.0. The molecule has 0 fully saturated rings. The zero-order chi connectivity index (χ0) is 23.5. The van der Waals surface area contributed by atoms with Crippen molar-refractivity contribution >= 4 is 50.5 Å². The molecule has 32 heavy (non-hydrogen) atoms. The van der Waals surface area contributed by atoms with E-state index in [2.05, 4.69) is 16.4 Å². The topological polar surface area (TPSA) is 176 Å². The number of nitrogens with one attached hydrogen (secondary N) is 1. The second kappa shape index (κ2) is 9.38. The fourth-order valence-corrected chi connectivity index (χ4v) is 4.96. The number of rotatable bonds is 6. The molecule has 2 aromatic heterocycles. The fraction of sp³-hybridized carbons (Fsp3) is 0.100. The minimum absolute atomic E-state index is 0.0245. The normalized spacial score (nSPS) is 11.9. The van der Waals surface area contributed by atoms with E-state index < -0.39 is 21.2 Å². The average Bonchev–Trinajstić information content (AvgIpc) is 3.27. The zero-order valence-electron chi connectivity index (χ0n) is 16.6. The third-order valence-electron chi connectivity index (χ3n) is 4.29. The molecule has 1 atom stereocenters. The van der Waals surface area contributed by atoms with Crippen LogP contribution in [0.15, 0.2) is 51.7 Å². The molecule has 162 valence electrons. The number of nitrogens with two attached hydrogens (primary N) is 2. The van der Waals surface area contributed by atoms with Gasteiger partial charge in [0, 0.05) is 16.1 Å². The van der Waals surface area contributed by atoms with Crippen LogP contribution in [0.1, 0.15) is 18.1 Å². The standard InChI is InChI=1S/C20H16N6O3S3/c1-11(19(27)25-12-4-6-13(7-5-12)32(24,28)29)31-20-15(10-22)17(16-3-2-8-30-16)14(9-21)18(23)26-20/h2-8,11H,1H3,(H2,23,26)(H,25,27)(H2,24,28,29). The van der Waals surface area contributed by atoms with Gasteiger partial charge in [-0.25, -0.2) is 18.5 Å². The minimum Gasteiger partial charge on any atom is -0.383 e. The molecule has 1 unspecified atom stereocenters. The van der Waals surface area contributed by atoms with Crippen LogP contribution in [0, 0.1) is 22.7 Å². The molecule has 0 bridgehead atoms. The second-order valence-electron chi connectivity index (χ2n) is 6.45. The van der Waals surface area contributed by atoms with Gasteiger partial charge >= 0.3 is 0 Å². The van der Waals surface area contributed by atoms with E-state index in [-0.39, 0.29) is 26.9 Å². The predicted octanol–water partition coefficient (Wildman–Crippen LogP) is 2.90. The molecule has 1 amide bonds. The van der Waals surface area contributed by atoms with Crippen molar-refractivity contribution in [1.82, 2.24) is 4.98 Å². The first-order valence-corrected chi connectivity index (χ1v) is 12.2. The molecule has 1 aromatic carbocycles. The number of thiophene rings is 1. The number of carbonyl (C=O) groups is 1. The van der Waals surface area contributed by atoms with E-state index >= 15 is 0 Å². The summed E-state index contributed by atoms with van der Waals surface area (Å²) in [6.07, 6.45) is 0. The van der Waals surface area contributed by atoms with Crippen molar-refractivity contribution in [2.75, 3.05) is 11.1 Å². The van der Waals surface area contributed by atoms with Crippen LogP contribution in [0.25, 0.3) is 10.4 Å². The second-order valence-corrected chi connectivity index (χ2v) is 10.3. The van der Waals surface area contributed by atoms with Gasteiger partial charge in [0.2, 0.25) is 15.9 Å². The number of pyridine rings is 1. The molecule has 0 aliphatic rings. The summed E-state index contributed by atoms with van der Waals surface area (Å²) < 4.78 is 22.7. The molecule has 0 aliphatic carbocycles. The van der Waals surface area contributed by atoms with Crippen LogP contribution in [0.4, 0.5) is 11.5 Å². The van der Waals surface area contributed by atoms with Crippen molar-refractivity contribution in [1.29, 1.82) is 10.5 Å². The summed E-state index contributed by atoms with van der Waals surface area (Å²) in [4.78, 5) is 17.5. The van der Waals surface area contributed by atoms with E-state index in [0.29, 0.717) is 16.1 Å². The average molecular weight is 485 g/mol. The molecular weight excluding hydrogens is 468 g/mol. The van der Waals surface area contributed by atoms with Crippen molar-refractivity contribution in [3.63, 3.8) is 0 Å². The van der Waals surface area contributed by atoms with Gasteiger partial charge in [0.15, 0.2) is 0 Å². The highest BCUT2D eigenvalue weighted by atomic mass is 32.2. The maximum atomic E-state index is 12.7. The van der Waals surface area contributed by atoms with Crippen LogP contribution in [0.3, 0.4) is 0 Å². The number of hydrogen-bond acceptors (Lipinski definition) is 9. The number of thioether (sulfide) groups is 1. The molecule has 0 saturated heterocycles. The monoisotopic (exact) mass is 484 g/mol. The number of primary sulfonamides is 1. The molecule has 9 nitrogen and oxygen atoms in total. The van der Waals surface area contributed by atoms with Crippen LogP contribution >= 0.6 is 23.1 Å². The highest BCUT2D eigenvalue weighted by Gasteiger charge is 2.24. The summed E-state index contributed by atoms with van der Waals surface area (Å²) in [7, 11) is -3.84. The predicted molar refractivity (Wildman–Crippen MR) is 123 cm³/mol. The molecule has 2 heterocycles. The maximum absolute atomic E-state index is 12.7. The Bertz CT molecular complexity index is 1360. The van der Waals surface area contributed by atoms with Crippen LogP contribution in [0.5, 0.6) is 0 Å². The molecule has 0 radical (unpaired) electrons. The summed E-state index contributed by atoms with van der Waals surface area (Å²) in [5.41, 5.74) is 7.03. The lowest BCUT2D eigenvalue weighted by molar-refractivity contribution is -0.115. The molecule has 3 aromatic rings. The van der Waals surface area contributed by atoms with Gasteiger partial charge in [0.1, 0.15) is 28.5 Å². The number of nitrogens with zero attached hydrogens (tertiary/aromatic N) is 3. The summed E-state index contributed by atoms with van der Waals surface area (Å²) >= 11 is 2.38. The zero-order valence-corrected chi connectivity index (χ0v) is 19.0. The Kier molecular flexibility index (Phi) is 6.81. The summed E-state index contributed by atoms with van der Waals surface area (Å²) in [6.45, 7) is 1.63. The summed E-state index contributed by atoms with van der Waals surface area (Å²) in [5.74, 6) is -0.423. The smallest absolute Gasteiger partial charge is 0.238 e. The maximum Gasteiger partial charge on any atom is 0.238 e. The van der Waals surface area contributed by atoms with Crippen molar-refractivity contribution in [3.05, 3.63) is 52.9 Å². The molecule has 5 N–H and O–H groups in total. The summed E-state index contributed by atoms with van der Waals surface area (Å²) in [6, 6.07) is 13.1. The first-order valence-electron chi connectivity index (χ1n) is 8.93. The Morgan fingerprint density at radius 3 is 2.38 bits per heavy atom. The molecule has 0 aliphatic heterocycles. The Hall–Kier alpha value is -3.42. The van der Waals surface area contributed by atoms with Crippen LogP contribution < -0.4 is 16.2 Å². The van der Waals surface area contributed by atoms with E-state index in [1.807, 2.05) is 11.4 Å². The van der Waals surface area contributed by atoms with E-state index in [1.165, 1.54) is 35.6 Å². The SMILES string of the molecule is CC(Sc1nc(N)c(C#N)c(-c2cccs2)c1C#N)C(=O)Nc1ccc(S(N)(=O)=O)cc1. The van der Waals surface area contributed by atoms with Crippen LogP contribution in [-0.2, 0) is 14.8 Å². The number of anilines is 2. The number of amides is 1. The number of aromatic nitrogens is 1. The van der Waals surface area contributed by atoms with Gasteiger partial charge in [0.05, 0.1) is 15.7 Å². The highest BCUT2D eigenvalue weighted by molar-refractivity contribution is 8.00. The van der Waals surface area contributed by atoms with Gasteiger partial charge in [-0.15, -0.1) is 11.3 Å². The fourth-order valence-electron chi connectivity index (χ4n) is 2.74. The number of nitriles is 2. The van der Waals surface area contributed by atoms with Gasteiger partial charge in [-0.05, 0) is 42.6 Å². The van der Waals surface area contributed by atoms with E-state index in [9.17, 15) is 23.7 Å². The van der Waals surface area contributed by atoms with Gasteiger partial charge in [-0.2, -0.15) is 10.5 Å². The Balaban J connectivity index is 1.87. The molecule has 0 spiro atoms. The molecule has 12 heteroatoms. The highest BCUT2D eigenvalue weighted by Crippen LogP contribution is 2.38. The van der Waals surface area contributed by atoms with E-state index in [0.717, 1.165) is 11.8 Å². The van der Waals surface area contributed by atoms with E-state index in [4.69, 9.17) is 10.9 Å². The molecular formula is C20H16N6O3S3. The van der Waals surface area contributed by atoms with Crippen molar-refractivity contribution in [3.8, 4) is 22.6 Å². The van der Waals surface area contributed by atoms with Crippen molar-refractivity contribution in [2.24, 2.45) is 5.14 Å². The van der Waals surface area contributed by atoms with Crippen LogP contribution in [-0.4, -0.2) is 24.6 Å². The van der Waals surface area contributed by atoms with E-state index in [1.54, 1.807) is 19.1 Å². The minimum atomic E-state index is -3.84. The number of sulfonamides is 1.